The van der Waals surface area contributed by atoms with Gasteiger partial charge in [-0.3, -0.25) is 9.59 Å². The molecular weight excluding hydrogens is 467 g/mol. The summed E-state index contributed by atoms with van der Waals surface area (Å²) in [7, 11) is 0. The van der Waals surface area contributed by atoms with Crippen molar-refractivity contribution in [2.45, 2.75) is 31.6 Å². The minimum absolute atomic E-state index is 0.0715. The van der Waals surface area contributed by atoms with Crippen LogP contribution >= 0.6 is 39.0 Å². The van der Waals surface area contributed by atoms with Crippen molar-refractivity contribution < 1.29 is 13.9 Å². The Kier molecular flexibility index (Phi) is 5.84. The number of thioether (sulfide) groups is 1. The number of carbonyl (C=O) groups excluding carboxylic acids is 1. The van der Waals surface area contributed by atoms with Gasteiger partial charge in [-0.05, 0) is 37.0 Å². The topological polar surface area (TPSA) is 72.0 Å². The first-order chi connectivity index (χ1) is 13.5. The average Bonchev–Trinajstić information content (AvgIpc) is 3.21. The number of esters is 1. The molecule has 0 saturated heterocycles. The van der Waals surface area contributed by atoms with E-state index in [0.29, 0.717) is 21.6 Å². The highest BCUT2D eigenvalue weighted by Crippen LogP contribution is 2.34. The molecule has 1 aliphatic carbocycles. The maximum atomic E-state index is 13.1. The third-order valence-corrected chi connectivity index (χ3v) is 7.33. The highest BCUT2D eigenvalue weighted by atomic mass is 79.9. The van der Waals surface area contributed by atoms with Crippen LogP contribution in [0.25, 0.3) is 10.2 Å². The molecule has 146 valence electrons. The Bertz CT molecular complexity index is 1110. The van der Waals surface area contributed by atoms with Crippen LogP contribution in [0.4, 0.5) is 4.39 Å². The van der Waals surface area contributed by atoms with E-state index in [1.807, 2.05) is 0 Å². The predicted molar refractivity (Wildman–Crippen MR) is 112 cm³/mol. The van der Waals surface area contributed by atoms with Gasteiger partial charge in [0.2, 0.25) is 0 Å². The molecule has 3 aromatic rings. The number of benzene rings is 1. The van der Waals surface area contributed by atoms with Gasteiger partial charge in [-0.15, -0.1) is 23.1 Å². The van der Waals surface area contributed by atoms with Crippen molar-refractivity contribution in [3.05, 3.63) is 60.7 Å². The maximum Gasteiger partial charge on any atom is 0.316 e. The first-order valence-corrected chi connectivity index (χ1v) is 11.5. The summed E-state index contributed by atoms with van der Waals surface area (Å²) in [5.74, 6) is 0.396. The molecule has 0 spiro atoms. The number of hydrogen-bond donors (Lipinski definition) is 1. The number of halogens is 2. The largest absolute Gasteiger partial charge is 0.460 e. The molecule has 0 atom stereocenters. The molecule has 0 radical (unpaired) electrons. The summed E-state index contributed by atoms with van der Waals surface area (Å²) in [5, 5.41) is 0.732. The van der Waals surface area contributed by atoms with Crippen LogP contribution in [0.2, 0.25) is 0 Å². The fraction of sp³-hybridized carbons (Fsp3) is 0.316. The SMILES string of the molecule is O=C(CSCc1nc2sc3c(c2c(=O)[nH]1)CCC3)OCc1ccc(F)cc1Br. The number of aromatic nitrogens is 2. The van der Waals surface area contributed by atoms with E-state index in [2.05, 4.69) is 25.9 Å². The van der Waals surface area contributed by atoms with Crippen molar-refractivity contribution in [2.75, 3.05) is 5.75 Å². The Morgan fingerprint density at radius 3 is 3.07 bits per heavy atom. The minimum atomic E-state index is -0.375. The van der Waals surface area contributed by atoms with Gasteiger partial charge in [-0.2, -0.15) is 0 Å². The number of rotatable bonds is 6. The molecule has 4 rings (SSSR count). The molecule has 0 saturated carbocycles. The van der Waals surface area contributed by atoms with Crippen molar-refractivity contribution >= 4 is 55.2 Å². The van der Waals surface area contributed by atoms with Gasteiger partial charge in [0, 0.05) is 14.9 Å². The van der Waals surface area contributed by atoms with Crippen LogP contribution < -0.4 is 5.56 Å². The molecule has 5 nitrogen and oxygen atoms in total. The molecule has 0 bridgehead atoms. The van der Waals surface area contributed by atoms with E-state index in [0.717, 1.165) is 35.0 Å². The quantitative estimate of drug-likeness (QED) is 0.528. The number of aryl methyl sites for hydroxylation is 2. The Labute approximate surface area is 176 Å². The molecular formula is C19H16BrFN2O3S2. The lowest BCUT2D eigenvalue weighted by Crippen LogP contribution is -2.12. The molecule has 0 amide bonds. The number of carbonyl (C=O) groups is 1. The lowest BCUT2D eigenvalue weighted by atomic mass is 10.2. The molecule has 9 heteroatoms. The molecule has 0 fully saturated rings. The summed E-state index contributed by atoms with van der Waals surface area (Å²) in [6.07, 6.45) is 3.07. The van der Waals surface area contributed by atoms with Crippen LogP contribution in [0.5, 0.6) is 0 Å². The summed E-state index contributed by atoms with van der Waals surface area (Å²) >= 11 is 6.17. The summed E-state index contributed by atoms with van der Waals surface area (Å²) in [4.78, 5) is 33.8. The Morgan fingerprint density at radius 2 is 2.25 bits per heavy atom. The number of ether oxygens (including phenoxy) is 1. The number of nitrogens with one attached hydrogen (secondary N) is 1. The Balaban J connectivity index is 1.32. The fourth-order valence-electron chi connectivity index (χ4n) is 3.18. The Hall–Kier alpha value is -1.71. The van der Waals surface area contributed by atoms with Crippen LogP contribution in [0, 0.1) is 5.82 Å². The van der Waals surface area contributed by atoms with Gasteiger partial charge in [0.1, 0.15) is 23.1 Å². The molecule has 2 aromatic heterocycles. The lowest BCUT2D eigenvalue weighted by Gasteiger charge is -2.07. The van der Waals surface area contributed by atoms with E-state index in [4.69, 9.17) is 4.74 Å². The first-order valence-electron chi connectivity index (χ1n) is 8.72. The fourth-order valence-corrected chi connectivity index (χ4v) is 5.61. The van der Waals surface area contributed by atoms with Crippen LogP contribution in [-0.4, -0.2) is 21.7 Å². The molecule has 1 aliphatic rings. The molecule has 0 aliphatic heterocycles. The van der Waals surface area contributed by atoms with E-state index < -0.39 is 0 Å². The number of H-pyrrole nitrogens is 1. The zero-order valence-electron chi connectivity index (χ0n) is 14.7. The molecule has 28 heavy (non-hydrogen) atoms. The number of thiophene rings is 1. The molecule has 1 aromatic carbocycles. The third kappa shape index (κ3) is 4.16. The smallest absolute Gasteiger partial charge is 0.316 e. The van der Waals surface area contributed by atoms with Gasteiger partial charge in [-0.25, -0.2) is 9.37 Å². The average molecular weight is 483 g/mol. The van der Waals surface area contributed by atoms with Gasteiger partial charge in [-0.1, -0.05) is 22.0 Å². The normalized spacial score (nSPS) is 13.1. The zero-order chi connectivity index (χ0) is 19.7. The van der Waals surface area contributed by atoms with Gasteiger partial charge < -0.3 is 9.72 Å². The second-order valence-corrected chi connectivity index (χ2v) is 9.36. The standard InChI is InChI=1S/C19H16BrFN2O3S2/c20-13-6-11(21)5-4-10(13)7-26-16(24)9-27-8-15-22-18(25)17-12-2-1-3-14(12)28-19(17)23-15/h4-6H,1-3,7-9H2,(H,22,23,25). The minimum Gasteiger partial charge on any atom is -0.460 e. The number of fused-ring (bicyclic) bond motifs is 3. The van der Waals surface area contributed by atoms with E-state index in [1.54, 1.807) is 17.4 Å². The lowest BCUT2D eigenvalue weighted by molar-refractivity contribution is -0.141. The van der Waals surface area contributed by atoms with E-state index >= 15 is 0 Å². The summed E-state index contributed by atoms with van der Waals surface area (Å²) in [5.41, 5.74) is 1.76. The van der Waals surface area contributed by atoms with Crippen molar-refractivity contribution in [3.8, 4) is 0 Å². The first kappa shape index (κ1) is 19.6. The van der Waals surface area contributed by atoms with Gasteiger partial charge >= 0.3 is 5.97 Å². The summed E-state index contributed by atoms with van der Waals surface area (Å²) in [6.45, 7) is 0.0715. The van der Waals surface area contributed by atoms with Gasteiger partial charge in [0.05, 0.1) is 16.9 Å². The molecule has 1 N–H and O–H groups in total. The van der Waals surface area contributed by atoms with Crippen LogP contribution in [0.1, 0.15) is 28.2 Å². The Morgan fingerprint density at radius 1 is 1.39 bits per heavy atom. The van der Waals surface area contributed by atoms with Crippen molar-refractivity contribution in [3.63, 3.8) is 0 Å². The zero-order valence-corrected chi connectivity index (χ0v) is 17.9. The maximum absolute atomic E-state index is 13.1. The third-order valence-electron chi connectivity index (χ3n) is 4.49. The molecule has 0 unspecified atom stereocenters. The van der Waals surface area contributed by atoms with E-state index in [-0.39, 0.29) is 29.7 Å². The number of nitrogens with zero attached hydrogens (tertiary/aromatic N) is 1. The van der Waals surface area contributed by atoms with Crippen molar-refractivity contribution in [1.82, 2.24) is 9.97 Å². The predicted octanol–water partition coefficient (Wildman–Crippen LogP) is 4.35. The number of aromatic amines is 1. The van der Waals surface area contributed by atoms with Gasteiger partial charge in [0.25, 0.3) is 5.56 Å². The monoisotopic (exact) mass is 482 g/mol. The highest BCUT2D eigenvalue weighted by molar-refractivity contribution is 9.10. The van der Waals surface area contributed by atoms with Gasteiger partial charge in [0.15, 0.2) is 0 Å². The van der Waals surface area contributed by atoms with Crippen molar-refractivity contribution in [1.29, 1.82) is 0 Å². The van der Waals surface area contributed by atoms with Crippen LogP contribution in [0.3, 0.4) is 0 Å². The summed E-state index contributed by atoms with van der Waals surface area (Å²) < 4.78 is 18.9. The van der Waals surface area contributed by atoms with E-state index in [9.17, 15) is 14.0 Å². The molecule has 2 heterocycles. The number of hydrogen-bond acceptors (Lipinski definition) is 6. The highest BCUT2D eigenvalue weighted by Gasteiger charge is 2.21. The second-order valence-electron chi connectivity index (χ2n) is 6.44. The van der Waals surface area contributed by atoms with E-state index in [1.165, 1.54) is 28.8 Å². The van der Waals surface area contributed by atoms with Crippen LogP contribution in [0.15, 0.2) is 27.5 Å². The van der Waals surface area contributed by atoms with Crippen LogP contribution in [-0.2, 0) is 34.7 Å². The summed E-state index contributed by atoms with van der Waals surface area (Å²) in [6, 6.07) is 4.22. The van der Waals surface area contributed by atoms with Crippen molar-refractivity contribution in [2.24, 2.45) is 0 Å². The second kappa shape index (κ2) is 8.34.